The van der Waals surface area contributed by atoms with Gasteiger partial charge in [-0.3, -0.25) is 24.1 Å². The summed E-state index contributed by atoms with van der Waals surface area (Å²) in [5.41, 5.74) is 1.17. The van der Waals surface area contributed by atoms with Crippen LogP contribution in [0.3, 0.4) is 0 Å². The number of nitrogens with one attached hydrogen (secondary N) is 2. The lowest BCUT2D eigenvalue weighted by Crippen LogP contribution is -2.44. The van der Waals surface area contributed by atoms with Gasteiger partial charge < -0.3 is 24.9 Å². The standard InChI is InChI=1S/C32H32N4O10S3/c1-3-45-20-10-14(4-9-19(20)46-12-21(37)34-15-5-7-16(8-6-15)49(33,43)44)22-23-17-11-18(26(23)47-28-27(22)48-32(42)35-28)25-24(17)29(38)36(30(25)39)13(2)31(40)41/h4-10,13,17-18,22-26H,3,11-12H2,1-2H3,(H,34,37)(H,35,42)(H,40,41)(H2,33,43,44)/t13?,17?,18?,22-,23?,24?,25?,26?/m1/s1. The number of nitrogens with two attached hydrogens (primary N) is 1. The van der Waals surface area contributed by atoms with Gasteiger partial charge >= 0.3 is 10.8 Å². The second kappa shape index (κ2) is 12.3. The molecule has 7 unspecified atom stereocenters. The van der Waals surface area contributed by atoms with E-state index in [9.17, 15) is 37.5 Å². The van der Waals surface area contributed by atoms with E-state index in [0.717, 1.165) is 31.7 Å². The van der Waals surface area contributed by atoms with Crippen LogP contribution in [0.1, 0.15) is 36.6 Å². The highest BCUT2D eigenvalue weighted by Gasteiger charge is 2.70. The molecule has 8 atom stereocenters. The number of likely N-dealkylation sites (tertiary alicyclic amines) is 1. The van der Waals surface area contributed by atoms with Gasteiger partial charge in [0.2, 0.25) is 21.8 Å². The summed E-state index contributed by atoms with van der Waals surface area (Å²) in [5.74, 6) is -3.91. The van der Waals surface area contributed by atoms with E-state index in [2.05, 4.69) is 10.3 Å². The van der Waals surface area contributed by atoms with Gasteiger partial charge in [0.1, 0.15) is 6.04 Å². The number of carbonyl (C=O) groups excluding carboxylic acids is 3. The van der Waals surface area contributed by atoms with Gasteiger partial charge in [0.05, 0.1) is 28.4 Å². The molecule has 3 amide bonds. The molecule has 17 heteroatoms. The molecule has 49 heavy (non-hydrogen) atoms. The summed E-state index contributed by atoms with van der Waals surface area (Å²) < 4.78 is 34.8. The van der Waals surface area contributed by atoms with Crippen molar-refractivity contribution in [2.24, 2.45) is 34.7 Å². The lowest BCUT2D eigenvalue weighted by atomic mass is 9.68. The number of sulfonamides is 1. The molecule has 14 nitrogen and oxygen atoms in total. The van der Waals surface area contributed by atoms with E-state index in [1.807, 2.05) is 12.1 Å². The van der Waals surface area contributed by atoms with Crippen LogP contribution in [0.4, 0.5) is 5.69 Å². The van der Waals surface area contributed by atoms with Crippen LogP contribution in [0.2, 0.25) is 0 Å². The number of primary sulfonamides is 1. The maximum Gasteiger partial charge on any atom is 0.326 e. The van der Waals surface area contributed by atoms with Gasteiger partial charge in [-0.05, 0) is 80.0 Å². The number of rotatable bonds is 10. The van der Waals surface area contributed by atoms with E-state index in [1.54, 1.807) is 13.0 Å². The summed E-state index contributed by atoms with van der Waals surface area (Å²) in [6.07, 6.45) is 0.652. The number of thioether (sulfide) groups is 1. The molecule has 5 N–H and O–H groups in total. The molecule has 0 radical (unpaired) electrons. The number of carboxylic acid groups (broad SMARTS) is 1. The quantitative estimate of drug-likeness (QED) is 0.223. The molecule has 2 aliphatic heterocycles. The molecular weight excluding hydrogens is 697 g/mol. The molecule has 0 spiro atoms. The van der Waals surface area contributed by atoms with Crippen molar-refractivity contribution in [2.45, 2.75) is 47.4 Å². The molecule has 2 aliphatic carbocycles. The van der Waals surface area contributed by atoms with Crippen molar-refractivity contribution in [3.63, 3.8) is 0 Å². The van der Waals surface area contributed by atoms with Gasteiger partial charge in [-0.15, -0.1) is 11.8 Å². The number of imide groups is 1. The third kappa shape index (κ3) is 5.61. The summed E-state index contributed by atoms with van der Waals surface area (Å²) in [4.78, 5) is 68.7. The first-order valence-corrected chi connectivity index (χ1v) is 18.8. The van der Waals surface area contributed by atoms with Gasteiger partial charge in [-0.2, -0.15) is 0 Å². The molecule has 2 saturated carbocycles. The predicted octanol–water partition coefficient (Wildman–Crippen LogP) is 2.45. The molecule has 4 aliphatic rings. The molecular formula is C32H32N4O10S3. The Labute approximate surface area is 288 Å². The molecule has 2 aromatic carbocycles. The summed E-state index contributed by atoms with van der Waals surface area (Å²) in [7, 11) is -3.87. The zero-order chi connectivity index (χ0) is 34.9. The highest BCUT2D eigenvalue weighted by Crippen LogP contribution is 2.68. The Morgan fingerprint density at radius 3 is 2.41 bits per heavy atom. The highest BCUT2D eigenvalue weighted by molar-refractivity contribution is 8.00. The first-order chi connectivity index (χ1) is 23.3. The van der Waals surface area contributed by atoms with E-state index < -0.39 is 51.6 Å². The molecule has 1 aromatic heterocycles. The van der Waals surface area contributed by atoms with Crippen LogP contribution in [-0.2, 0) is 29.2 Å². The van der Waals surface area contributed by atoms with E-state index >= 15 is 0 Å². The third-order valence-corrected chi connectivity index (χ3v) is 13.5. The molecule has 3 heterocycles. The van der Waals surface area contributed by atoms with Crippen LogP contribution in [0.25, 0.3) is 0 Å². The topological polar surface area (TPSA) is 215 Å². The number of amides is 3. The Hall–Kier alpha value is -4.19. The molecule has 3 aromatic rings. The van der Waals surface area contributed by atoms with Crippen molar-refractivity contribution >= 4 is 62.5 Å². The van der Waals surface area contributed by atoms with Crippen molar-refractivity contribution in [3.05, 3.63) is 62.6 Å². The second-order valence-corrected chi connectivity index (χ2v) is 16.3. The minimum atomic E-state index is -3.87. The average Bonchev–Trinajstić information content (AvgIpc) is 3.78. The monoisotopic (exact) mass is 728 g/mol. The minimum Gasteiger partial charge on any atom is -0.490 e. The zero-order valence-electron chi connectivity index (χ0n) is 26.2. The van der Waals surface area contributed by atoms with Gasteiger partial charge in [0.25, 0.3) is 5.91 Å². The van der Waals surface area contributed by atoms with Gasteiger partial charge in [0.15, 0.2) is 18.1 Å². The number of aliphatic carboxylic acids is 1. The SMILES string of the molecule is CCOc1cc([C@H]2c3sc(=O)[nH]c3SC3C4CC(C5C(=O)N(C(C)C(=O)O)C(=O)C45)C32)ccc1OCC(=O)Nc1ccc(S(N)(=O)=O)cc1. The fourth-order valence-corrected chi connectivity index (χ4v) is 11.5. The number of aromatic amines is 1. The number of benzene rings is 2. The molecule has 3 fully saturated rings. The molecule has 7 rings (SSSR count). The van der Waals surface area contributed by atoms with Crippen molar-refractivity contribution in [3.8, 4) is 11.5 Å². The van der Waals surface area contributed by atoms with Gasteiger partial charge in [-0.25, -0.2) is 18.4 Å². The summed E-state index contributed by atoms with van der Waals surface area (Å²) in [6, 6.07) is 9.48. The van der Waals surface area contributed by atoms with E-state index in [0.29, 0.717) is 30.2 Å². The summed E-state index contributed by atoms with van der Waals surface area (Å²) in [6.45, 7) is 3.07. The minimum absolute atomic E-state index is 0.0833. The fourth-order valence-electron chi connectivity index (χ4n) is 8.08. The first kappa shape index (κ1) is 33.3. The Balaban J connectivity index is 1.16. The number of anilines is 1. The van der Waals surface area contributed by atoms with Crippen LogP contribution in [0, 0.1) is 29.6 Å². The maximum atomic E-state index is 13.7. The van der Waals surface area contributed by atoms with E-state index in [4.69, 9.17) is 14.6 Å². The smallest absolute Gasteiger partial charge is 0.326 e. The number of carbonyl (C=O) groups is 4. The zero-order valence-corrected chi connectivity index (χ0v) is 28.6. The van der Waals surface area contributed by atoms with Crippen LogP contribution in [-0.4, -0.2) is 71.6 Å². The van der Waals surface area contributed by atoms with Crippen LogP contribution in [0.15, 0.2) is 57.2 Å². The molecule has 1 saturated heterocycles. The Kier molecular flexibility index (Phi) is 8.36. The predicted molar refractivity (Wildman–Crippen MR) is 177 cm³/mol. The van der Waals surface area contributed by atoms with Crippen molar-refractivity contribution in [1.82, 2.24) is 9.88 Å². The first-order valence-electron chi connectivity index (χ1n) is 15.6. The summed E-state index contributed by atoms with van der Waals surface area (Å²) >= 11 is 2.64. The Morgan fingerprint density at radius 2 is 1.76 bits per heavy atom. The van der Waals surface area contributed by atoms with Crippen LogP contribution < -0.4 is 24.8 Å². The highest BCUT2D eigenvalue weighted by atomic mass is 32.2. The fraction of sp³-hybridized carbons (Fsp3) is 0.406. The number of fused-ring (bicyclic) bond motifs is 9. The molecule has 2 bridgehead atoms. The van der Waals surface area contributed by atoms with Crippen LogP contribution in [0.5, 0.6) is 11.5 Å². The van der Waals surface area contributed by atoms with Crippen LogP contribution >= 0.6 is 23.1 Å². The number of hydrogen-bond donors (Lipinski definition) is 4. The van der Waals surface area contributed by atoms with Crippen molar-refractivity contribution < 1.29 is 42.2 Å². The largest absolute Gasteiger partial charge is 0.490 e. The maximum absolute atomic E-state index is 13.7. The lowest BCUT2D eigenvalue weighted by Gasteiger charge is -2.43. The number of ether oxygens (including phenoxy) is 2. The van der Waals surface area contributed by atoms with E-state index in [-0.39, 0.29) is 45.3 Å². The number of nitrogens with zero attached hydrogens (tertiary/aromatic N) is 1. The average molecular weight is 729 g/mol. The van der Waals surface area contributed by atoms with Crippen molar-refractivity contribution in [2.75, 3.05) is 18.5 Å². The van der Waals surface area contributed by atoms with E-state index in [1.165, 1.54) is 43.0 Å². The Bertz CT molecular complexity index is 2050. The number of H-pyrrole nitrogens is 1. The number of hydrogen-bond acceptors (Lipinski definition) is 11. The third-order valence-electron chi connectivity index (χ3n) is 9.95. The number of carboxylic acids is 1. The molecule has 258 valence electrons. The van der Waals surface area contributed by atoms with Crippen molar-refractivity contribution in [1.29, 1.82) is 0 Å². The van der Waals surface area contributed by atoms with Gasteiger partial charge in [-0.1, -0.05) is 17.4 Å². The van der Waals surface area contributed by atoms with Gasteiger partial charge in [0, 0.05) is 21.7 Å². The number of aromatic nitrogens is 1. The summed E-state index contributed by atoms with van der Waals surface area (Å²) in [5, 5.41) is 18.0. The Morgan fingerprint density at radius 1 is 1.06 bits per heavy atom. The number of thiazole rings is 1. The lowest BCUT2D eigenvalue weighted by molar-refractivity contribution is -0.154. The normalized spacial score (nSPS) is 27.3. The second-order valence-electron chi connectivity index (χ2n) is 12.6.